The SMILES string of the molecule is COC(=O)c1ccc2c(c1)C(=C(Nc1ccc(CN3CCCC3)cc1)c1ccccc1)C(=O)N2. The molecule has 2 aliphatic rings. The predicted octanol–water partition coefficient (Wildman–Crippen LogP) is 5.00. The van der Waals surface area contributed by atoms with Gasteiger partial charge in [0.1, 0.15) is 0 Å². The predicted molar refractivity (Wildman–Crippen MR) is 134 cm³/mol. The van der Waals surface area contributed by atoms with Crippen LogP contribution in [0.1, 0.15) is 39.9 Å². The summed E-state index contributed by atoms with van der Waals surface area (Å²) in [6.07, 6.45) is 2.55. The first-order valence-corrected chi connectivity index (χ1v) is 11.5. The Hall–Kier alpha value is -3.90. The lowest BCUT2D eigenvalue weighted by molar-refractivity contribution is -0.110. The fourth-order valence-corrected chi connectivity index (χ4v) is 4.58. The van der Waals surface area contributed by atoms with Crippen molar-refractivity contribution < 1.29 is 14.3 Å². The highest BCUT2D eigenvalue weighted by Crippen LogP contribution is 2.38. The Morgan fingerprint density at radius 2 is 1.71 bits per heavy atom. The smallest absolute Gasteiger partial charge is 0.337 e. The lowest BCUT2D eigenvalue weighted by Crippen LogP contribution is -2.18. The molecule has 2 N–H and O–H groups in total. The third kappa shape index (κ3) is 4.45. The standard InChI is InChI=1S/C28H27N3O3/c1-34-28(33)21-11-14-24-23(17-21)25(27(32)30-24)26(20-7-3-2-4-8-20)29-22-12-9-19(10-13-22)18-31-15-5-6-16-31/h2-4,7-14,17,29H,5-6,15-16,18H2,1H3,(H,30,32). The van der Waals surface area contributed by atoms with Gasteiger partial charge in [0.25, 0.3) is 5.91 Å². The van der Waals surface area contributed by atoms with E-state index in [0.717, 1.165) is 30.9 Å². The fourth-order valence-electron chi connectivity index (χ4n) is 4.58. The first-order valence-electron chi connectivity index (χ1n) is 11.5. The number of rotatable bonds is 6. The van der Waals surface area contributed by atoms with Crippen LogP contribution in [0.5, 0.6) is 0 Å². The summed E-state index contributed by atoms with van der Waals surface area (Å²) in [5.74, 6) is -0.654. The summed E-state index contributed by atoms with van der Waals surface area (Å²) < 4.78 is 4.88. The highest BCUT2D eigenvalue weighted by molar-refractivity contribution is 6.37. The summed E-state index contributed by atoms with van der Waals surface area (Å²) in [4.78, 5) is 27.7. The number of carbonyl (C=O) groups is 2. The molecule has 1 amide bonds. The van der Waals surface area contributed by atoms with E-state index in [2.05, 4.69) is 27.7 Å². The van der Waals surface area contributed by atoms with E-state index < -0.39 is 5.97 Å². The van der Waals surface area contributed by atoms with Crippen LogP contribution in [0.3, 0.4) is 0 Å². The van der Waals surface area contributed by atoms with E-state index in [1.54, 1.807) is 18.2 Å². The molecule has 0 unspecified atom stereocenters. The Morgan fingerprint density at radius 3 is 2.41 bits per heavy atom. The van der Waals surface area contributed by atoms with E-state index >= 15 is 0 Å². The molecule has 2 heterocycles. The minimum Gasteiger partial charge on any atom is -0.465 e. The molecule has 6 heteroatoms. The number of nitrogens with zero attached hydrogens (tertiary/aromatic N) is 1. The largest absolute Gasteiger partial charge is 0.465 e. The minimum atomic E-state index is -0.440. The van der Waals surface area contributed by atoms with Crippen molar-refractivity contribution in [1.82, 2.24) is 4.90 Å². The topological polar surface area (TPSA) is 70.7 Å². The lowest BCUT2D eigenvalue weighted by atomic mass is 9.98. The molecule has 1 fully saturated rings. The van der Waals surface area contributed by atoms with Crippen molar-refractivity contribution in [2.24, 2.45) is 0 Å². The molecular formula is C28H27N3O3. The van der Waals surface area contributed by atoms with Crippen LogP contribution in [0.15, 0.2) is 72.8 Å². The van der Waals surface area contributed by atoms with Crippen LogP contribution >= 0.6 is 0 Å². The van der Waals surface area contributed by atoms with Crippen molar-refractivity contribution in [3.05, 3.63) is 95.1 Å². The van der Waals surface area contributed by atoms with Crippen molar-refractivity contribution >= 4 is 34.5 Å². The average molecular weight is 454 g/mol. The van der Waals surface area contributed by atoms with Gasteiger partial charge in [0, 0.05) is 23.5 Å². The van der Waals surface area contributed by atoms with Crippen molar-refractivity contribution in [2.45, 2.75) is 19.4 Å². The van der Waals surface area contributed by atoms with Crippen LogP contribution in [0.4, 0.5) is 11.4 Å². The maximum atomic E-state index is 13.1. The molecule has 6 nitrogen and oxygen atoms in total. The van der Waals surface area contributed by atoms with Gasteiger partial charge in [-0.2, -0.15) is 0 Å². The van der Waals surface area contributed by atoms with Crippen LogP contribution in [0, 0.1) is 0 Å². The van der Waals surface area contributed by atoms with Crippen molar-refractivity contribution in [3.63, 3.8) is 0 Å². The zero-order chi connectivity index (χ0) is 23.5. The second kappa shape index (κ2) is 9.53. The van der Waals surface area contributed by atoms with E-state index in [-0.39, 0.29) is 5.91 Å². The Bertz CT molecular complexity index is 1240. The van der Waals surface area contributed by atoms with E-state index in [0.29, 0.717) is 28.1 Å². The van der Waals surface area contributed by atoms with Gasteiger partial charge in [-0.05, 0) is 67.4 Å². The van der Waals surface area contributed by atoms with E-state index in [1.165, 1.54) is 25.5 Å². The second-order valence-corrected chi connectivity index (χ2v) is 8.63. The number of methoxy groups -OCH3 is 1. The molecule has 34 heavy (non-hydrogen) atoms. The summed E-state index contributed by atoms with van der Waals surface area (Å²) in [6.45, 7) is 3.28. The summed E-state index contributed by atoms with van der Waals surface area (Å²) in [6, 6.07) is 23.2. The third-order valence-electron chi connectivity index (χ3n) is 6.33. The molecule has 2 aliphatic heterocycles. The number of hydrogen-bond acceptors (Lipinski definition) is 5. The lowest BCUT2D eigenvalue weighted by Gasteiger charge is -2.17. The van der Waals surface area contributed by atoms with E-state index in [4.69, 9.17) is 4.74 Å². The summed E-state index contributed by atoms with van der Waals surface area (Å²) in [7, 11) is 1.35. The number of ether oxygens (including phenoxy) is 1. The molecule has 1 saturated heterocycles. The Balaban J connectivity index is 1.53. The number of carbonyl (C=O) groups excluding carboxylic acids is 2. The Kier molecular flexibility index (Phi) is 6.14. The van der Waals surface area contributed by atoms with Gasteiger partial charge in [-0.3, -0.25) is 9.69 Å². The number of esters is 1. The highest BCUT2D eigenvalue weighted by atomic mass is 16.5. The monoisotopic (exact) mass is 453 g/mol. The van der Waals surface area contributed by atoms with Crippen molar-refractivity contribution in [2.75, 3.05) is 30.8 Å². The van der Waals surface area contributed by atoms with Crippen LogP contribution < -0.4 is 10.6 Å². The van der Waals surface area contributed by atoms with Gasteiger partial charge in [0.15, 0.2) is 0 Å². The van der Waals surface area contributed by atoms with E-state index in [9.17, 15) is 9.59 Å². The molecule has 0 atom stereocenters. The van der Waals surface area contributed by atoms with Crippen molar-refractivity contribution in [3.8, 4) is 0 Å². The van der Waals surface area contributed by atoms with Crippen LogP contribution in [0.2, 0.25) is 0 Å². The summed E-state index contributed by atoms with van der Waals surface area (Å²) in [5, 5.41) is 6.40. The van der Waals surface area contributed by atoms with Gasteiger partial charge in [0.2, 0.25) is 0 Å². The van der Waals surface area contributed by atoms with Crippen LogP contribution in [-0.4, -0.2) is 37.0 Å². The number of likely N-dealkylation sites (tertiary alicyclic amines) is 1. The van der Waals surface area contributed by atoms with Gasteiger partial charge < -0.3 is 15.4 Å². The zero-order valence-electron chi connectivity index (χ0n) is 19.1. The average Bonchev–Trinajstić information content (AvgIpc) is 3.50. The van der Waals surface area contributed by atoms with Gasteiger partial charge >= 0.3 is 5.97 Å². The first kappa shape index (κ1) is 21.9. The van der Waals surface area contributed by atoms with Gasteiger partial charge in [-0.25, -0.2) is 4.79 Å². The quantitative estimate of drug-likeness (QED) is 0.406. The molecule has 0 aliphatic carbocycles. The third-order valence-corrected chi connectivity index (χ3v) is 6.33. The normalized spacial score (nSPS) is 16.7. The van der Waals surface area contributed by atoms with Gasteiger partial charge in [0.05, 0.1) is 23.9 Å². The number of hydrogen-bond donors (Lipinski definition) is 2. The number of amides is 1. The maximum absolute atomic E-state index is 13.1. The number of nitrogens with one attached hydrogen (secondary N) is 2. The molecule has 5 rings (SSSR count). The number of benzene rings is 3. The molecule has 0 radical (unpaired) electrons. The van der Waals surface area contributed by atoms with Gasteiger partial charge in [-0.15, -0.1) is 0 Å². The zero-order valence-corrected chi connectivity index (χ0v) is 19.1. The number of fused-ring (bicyclic) bond motifs is 1. The molecule has 0 spiro atoms. The molecule has 0 bridgehead atoms. The molecule has 0 aromatic heterocycles. The van der Waals surface area contributed by atoms with Crippen LogP contribution in [0.25, 0.3) is 11.3 Å². The Labute approximate surface area is 199 Å². The van der Waals surface area contributed by atoms with E-state index in [1.807, 2.05) is 42.5 Å². The highest BCUT2D eigenvalue weighted by Gasteiger charge is 2.29. The molecule has 0 saturated carbocycles. The minimum absolute atomic E-state index is 0.214. The number of anilines is 2. The second-order valence-electron chi connectivity index (χ2n) is 8.63. The molecular weight excluding hydrogens is 426 g/mol. The van der Waals surface area contributed by atoms with Gasteiger partial charge in [-0.1, -0.05) is 42.5 Å². The molecule has 3 aromatic carbocycles. The summed E-state index contributed by atoms with van der Waals surface area (Å²) in [5.41, 5.74) is 5.96. The Morgan fingerprint density at radius 1 is 0.971 bits per heavy atom. The fraction of sp³-hybridized carbons (Fsp3) is 0.214. The first-order chi connectivity index (χ1) is 16.6. The molecule has 172 valence electrons. The molecule has 3 aromatic rings. The van der Waals surface area contributed by atoms with Crippen molar-refractivity contribution in [1.29, 1.82) is 0 Å². The maximum Gasteiger partial charge on any atom is 0.337 e. The van der Waals surface area contributed by atoms with Crippen LogP contribution in [-0.2, 0) is 16.1 Å². The summed E-state index contributed by atoms with van der Waals surface area (Å²) >= 11 is 0.